The second kappa shape index (κ2) is 4.52. The summed E-state index contributed by atoms with van der Waals surface area (Å²) in [5, 5.41) is 11.3. The first-order valence-electron chi connectivity index (χ1n) is 5.44. The molecule has 1 heterocycles. The zero-order chi connectivity index (χ0) is 12.5. The zero-order valence-corrected chi connectivity index (χ0v) is 9.09. The maximum absolute atomic E-state index is 12.1. The molecule has 1 aromatic heterocycles. The van der Waals surface area contributed by atoms with Gasteiger partial charge in [-0.05, 0) is 30.9 Å². The third kappa shape index (κ3) is 2.88. The fourth-order valence-corrected chi connectivity index (χ4v) is 1.84. The third-order valence-electron chi connectivity index (χ3n) is 2.78. The number of nitrogens with one attached hydrogen (secondary N) is 1. The molecule has 0 spiro atoms. The van der Waals surface area contributed by atoms with Gasteiger partial charge in [-0.15, -0.1) is 0 Å². The van der Waals surface area contributed by atoms with E-state index in [2.05, 4.69) is 10.3 Å². The van der Waals surface area contributed by atoms with Crippen LogP contribution in [0.2, 0.25) is 0 Å². The van der Waals surface area contributed by atoms with Crippen LogP contribution >= 0.6 is 0 Å². The zero-order valence-electron chi connectivity index (χ0n) is 9.09. The number of rotatable bonds is 3. The summed E-state index contributed by atoms with van der Waals surface area (Å²) in [5.74, 6) is 0.383. The average molecular weight is 246 g/mol. The SMILES string of the molecule is OC(CNc1ccc2c(n1)CCC2)C(F)(F)F. The van der Waals surface area contributed by atoms with Gasteiger partial charge in [0.15, 0.2) is 6.10 Å². The van der Waals surface area contributed by atoms with E-state index in [1.165, 1.54) is 0 Å². The molecule has 3 nitrogen and oxygen atoms in total. The summed E-state index contributed by atoms with van der Waals surface area (Å²) >= 11 is 0. The molecule has 0 amide bonds. The van der Waals surface area contributed by atoms with Crippen molar-refractivity contribution in [3.63, 3.8) is 0 Å². The Bertz CT molecular complexity index is 406. The summed E-state index contributed by atoms with van der Waals surface area (Å²) < 4.78 is 36.2. The van der Waals surface area contributed by atoms with E-state index in [0.717, 1.165) is 30.5 Å². The number of aliphatic hydroxyl groups excluding tert-OH is 1. The van der Waals surface area contributed by atoms with Crippen LogP contribution in [-0.4, -0.2) is 28.9 Å². The second-order valence-electron chi connectivity index (χ2n) is 4.09. The van der Waals surface area contributed by atoms with Crippen LogP contribution in [0.4, 0.5) is 19.0 Å². The van der Waals surface area contributed by atoms with Crippen molar-refractivity contribution in [3.8, 4) is 0 Å². The minimum Gasteiger partial charge on any atom is -0.382 e. The molecule has 0 bridgehead atoms. The van der Waals surface area contributed by atoms with Crippen LogP contribution in [-0.2, 0) is 12.8 Å². The first-order valence-corrected chi connectivity index (χ1v) is 5.44. The molecule has 0 saturated carbocycles. The molecule has 0 aliphatic heterocycles. The van der Waals surface area contributed by atoms with Crippen LogP contribution in [0.1, 0.15) is 17.7 Å². The number of hydrogen-bond acceptors (Lipinski definition) is 3. The minimum atomic E-state index is -4.59. The lowest BCUT2D eigenvalue weighted by atomic mass is 10.2. The Morgan fingerprint density at radius 1 is 1.35 bits per heavy atom. The number of alkyl halides is 3. The van der Waals surface area contributed by atoms with Gasteiger partial charge < -0.3 is 10.4 Å². The lowest BCUT2D eigenvalue weighted by molar-refractivity contribution is -0.198. The van der Waals surface area contributed by atoms with E-state index < -0.39 is 18.8 Å². The Hall–Kier alpha value is -1.30. The number of anilines is 1. The van der Waals surface area contributed by atoms with Crippen LogP contribution in [0.15, 0.2) is 12.1 Å². The average Bonchev–Trinajstić information content (AvgIpc) is 2.71. The van der Waals surface area contributed by atoms with E-state index in [4.69, 9.17) is 5.11 Å². The van der Waals surface area contributed by atoms with Gasteiger partial charge in [-0.2, -0.15) is 13.2 Å². The molecule has 0 saturated heterocycles. The highest BCUT2D eigenvalue weighted by molar-refractivity contribution is 5.40. The number of aliphatic hydroxyl groups is 1. The largest absolute Gasteiger partial charge is 0.416 e. The highest BCUT2D eigenvalue weighted by Gasteiger charge is 2.37. The van der Waals surface area contributed by atoms with Gasteiger partial charge in [-0.3, -0.25) is 0 Å². The Kier molecular flexibility index (Phi) is 3.24. The smallest absolute Gasteiger partial charge is 0.382 e. The van der Waals surface area contributed by atoms with Gasteiger partial charge in [-0.25, -0.2) is 4.98 Å². The van der Waals surface area contributed by atoms with Crippen LogP contribution in [0.5, 0.6) is 0 Å². The molecule has 94 valence electrons. The maximum Gasteiger partial charge on any atom is 0.416 e. The summed E-state index contributed by atoms with van der Waals surface area (Å²) in [7, 11) is 0. The first kappa shape index (κ1) is 12.2. The monoisotopic (exact) mass is 246 g/mol. The standard InChI is InChI=1S/C11H13F3N2O/c12-11(13,14)9(17)6-15-10-5-4-7-2-1-3-8(7)16-10/h4-5,9,17H,1-3,6H2,(H,15,16). The van der Waals surface area contributed by atoms with Gasteiger partial charge in [0.25, 0.3) is 0 Å². The molecular formula is C11H13F3N2O. The van der Waals surface area contributed by atoms with Crippen molar-refractivity contribution in [2.24, 2.45) is 0 Å². The van der Waals surface area contributed by atoms with Crippen molar-refractivity contribution in [1.82, 2.24) is 4.98 Å². The van der Waals surface area contributed by atoms with Crippen molar-refractivity contribution in [1.29, 1.82) is 0 Å². The normalized spacial score (nSPS) is 16.7. The number of aromatic nitrogens is 1. The Balaban J connectivity index is 1.96. The van der Waals surface area contributed by atoms with Crippen molar-refractivity contribution in [2.75, 3.05) is 11.9 Å². The topological polar surface area (TPSA) is 45.1 Å². The molecule has 1 unspecified atom stereocenters. The van der Waals surface area contributed by atoms with Gasteiger partial charge in [0, 0.05) is 5.69 Å². The van der Waals surface area contributed by atoms with E-state index in [9.17, 15) is 13.2 Å². The number of halogens is 3. The van der Waals surface area contributed by atoms with Crippen LogP contribution in [0, 0.1) is 0 Å². The summed E-state index contributed by atoms with van der Waals surface area (Å²) in [6.07, 6.45) is -4.07. The Labute approximate surface area is 96.7 Å². The molecule has 17 heavy (non-hydrogen) atoms. The fraction of sp³-hybridized carbons (Fsp3) is 0.545. The number of aryl methyl sites for hydroxylation is 2. The minimum absolute atomic E-state index is 0.383. The van der Waals surface area contributed by atoms with E-state index in [-0.39, 0.29) is 0 Å². The highest BCUT2D eigenvalue weighted by atomic mass is 19.4. The quantitative estimate of drug-likeness (QED) is 0.856. The molecule has 2 rings (SSSR count). The summed E-state index contributed by atoms with van der Waals surface area (Å²) in [6, 6.07) is 3.52. The van der Waals surface area contributed by atoms with Gasteiger partial charge in [0.05, 0.1) is 6.54 Å². The maximum atomic E-state index is 12.1. The summed E-state index contributed by atoms with van der Waals surface area (Å²) in [4.78, 5) is 4.22. The number of hydrogen-bond donors (Lipinski definition) is 2. The number of nitrogens with zero attached hydrogens (tertiary/aromatic N) is 1. The molecule has 0 radical (unpaired) electrons. The lowest BCUT2D eigenvalue weighted by Gasteiger charge is -2.15. The molecule has 0 fully saturated rings. The number of pyridine rings is 1. The van der Waals surface area contributed by atoms with Crippen LogP contribution in [0.3, 0.4) is 0 Å². The predicted molar refractivity (Wildman–Crippen MR) is 56.8 cm³/mol. The van der Waals surface area contributed by atoms with E-state index >= 15 is 0 Å². The van der Waals surface area contributed by atoms with E-state index in [1.54, 1.807) is 6.07 Å². The van der Waals surface area contributed by atoms with Gasteiger partial charge in [-0.1, -0.05) is 6.07 Å². The van der Waals surface area contributed by atoms with E-state index in [0.29, 0.717) is 5.82 Å². The fourth-order valence-electron chi connectivity index (χ4n) is 1.84. The molecule has 1 aliphatic rings. The van der Waals surface area contributed by atoms with Gasteiger partial charge >= 0.3 is 6.18 Å². The first-order chi connectivity index (χ1) is 7.97. The summed E-state index contributed by atoms with van der Waals surface area (Å²) in [5.41, 5.74) is 2.10. The molecule has 6 heteroatoms. The molecule has 1 atom stereocenters. The predicted octanol–water partition coefficient (Wildman–Crippen LogP) is 1.91. The van der Waals surface area contributed by atoms with E-state index in [1.807, 2.05) is 6.07 Å². The molecule has 2 N–H and O–H groups in total. The Morgan fingerprint density at radius 3 is 2.82 bits per heavy atom. The molecular weight excluding hydrogens is 233 g/mol. The second-order valence-corrected chi connectivity index (χ2v) is 4.09. The third-order valence-corrected chi connectivity index (χ3v) is 2.78. The van der Waals surface area contributed by atoms with Crippen molar-refractivity contribution >= 4 is 5.82 Å². The van der Waals surface area contributed by atoms with Crippen LogP contribution in [0.25, 0.3) is 0 Å². The van der Waals surface area contributed by atoms with Crippen molar-refractivity contribution in [3.05, 3.63) is 23.4 Å². The lowest BCUT2D eigenvalue weighted by Crippen LogP contribution is -2.35. The Morgan fingerprint density at radius 2 is 2.12 bits per heavy atom. The van der Waals surface area contributed by atoms with Gasteiger partial charge in [0.2, 0.25) is 0 Å². The highest BCUT2D eigenvalue weighted by Crippen LogP contribution is 2.23. The molecule has 1 aromatic rings. The summed E-state index contributed by atoms with van der Waals surface area (Å²) in [6.45, 7) is -0.574. The van der Waals surface area contributed by atoms with Gasteiger partial charge in [0.1, 0.15) is 5.82 Å². The number of fused-ring (bicyclic) bond motifs is 1. The molecule has 0 aromatic carbocycles. The molecule has 1 aliphatic carbocycles. The van der Waals surface area contributed by atoms with Crippen molar-refractivity contribution < 1.29 is 18.3 Å². The van der Waals surface area contributed by atoms with Crippen molar-refractivity contribution in [2.45, 2.75) is 31.5 Å². The van der Waals surface area contributed by atoms with Crippen LogP contribution < -0.4 is 5.32 Å².